The molecule has 0 fully saturated rings. The van der Waals surface area contributed by atoms with E-state index < -0.39 is 44.9 Å². The van der Waals surface area contributed by atoms with Gasteiger partial charge in [-0.3, -0.25) is 4.79 Å². The summed E-state index contributed by atoms with van der Waals surface area (Å²) in [6, 6.07) is 32.5. The second-order valence-electron chi connectivity index (χ2n) is 11.3. The molecule has 0 amide bonds. The molecular formula is C36H23NO8S2. The summed E-state index contributed by atoms with van der Waals surface area (Å²) in [5.41, 5.74) is 0. The minimum atomic E-state index is -4.58. The van der Waals surface area contributed by atoms with Crippen molar-refractivity contribution in [1.82, 2.24) is 0 Å². The van der Waals surface area contributed by atoms with Gasteiger partial charge in [0.1, 0.15) is 9.79 Å². The first kappa shape index (κ1) is 28.9. The van der Waals surface area contributed by atoms with Crippen molar-refractivity contribution in [3.63, 3.8) is 0 Å². The molecule has 0 aliphatic heterocycles. The van der Waals surface area contributed by atoms with Crippen LogP contribution in [0.25, 0.3) is 64.6 Å². The van der Waals surface area contributed by atoms with Gasteiger partial charge in [0.25, 0.3) is 0 Å². The Balaban J connectivity index is 1.03. The van der Waals surface area contributed by atoms with E-state index in [4.69, 9.17) is 8.37 Å². The zero-order chi connectivity index (χ0) is 32.5. The molecule has 8 aromatic carbocycles. The van der Waals surface area contributed by atoms with Crippen molar-refractivity contribution in [1.29, 1.82) is 0 Å². The average molecular weight is 662 g/mol. The normalized spacial score (nSPS) is 13.1. The van der Waals surface area contributed by atoms with Gasteiger partial charge in [-0.25, -0.2) is 0 Å². The molecule has 0 saturated carbocycles. The van der Waals surface area contributed by atoms with E-state index in [2.05, 4.69) is 5.16 Å². The molecule has 47 heavy (non-hydrogen) atoms. The van der Waals surface area contributed by atoms with E-state index in [-0.39, 0.29) is 9.79 Å². The van der Waals surface area contributed by atoms with Crippen LogP contribution < -0.4 is 0 Å². The third-order valence-corrected chi connectivity index (χ3v) is 11.2. The molecule has 0 bridgehead atoms. The van der Waals surface area contributed by atoms with E-state index in [0.717, 1.165) is 53.9 Å². The van der Waals surface area contributed by atoms with Gasteiger partial charge in [-0.1, -0.05) is 102 Å². The van der Waals surface area contributed by atoms with Gasteiger partial charge in [-0.2, -0.15) is 16.8 Å². The number of carbonyl (C=O) groups excluding carboxylic acids is 1. The fourth-order valence-electron chi connectivity index (χ4n) is 6.55. The Labute approximate surface area is 268 Å². The SMILES string of the molecule is O=C(CC/C(=N/O)OS(=O)(=O)c1ccc2ccc3cccc4ccc1c2c34)OS(=O)(=O)c1ccc2ccc3cccc4ccc1c2c34. The first-order chi connectivity index (χ1) is 22.6. The largest absolute Gasteiger partial charge is 0.408 e. The van der Waals surface area contributed by atoms with E-state index in [9.17, 15) is 26.8 Å². The van der Waals surface area contributed by atoms with Crippen molar-refractivity contribution in [2.45, 2.75) is 22.6 Å². The minimum absolute atomic E-state index is 0.149. The zero-order valence-corrected chi connectivity index (χ0v) is 26.0. The number of oxime groups is 1. The van der Waals surface area contributed by atoms with Crippen molar-refractivity contribution in [3.05, 3.63) is 109 Å². The summed E-state index contributed by atoms with van der Waals surface area (Å²) in [4.78, 5) is 12.5. The van der Waals surface area contributed by atoms with Crippen LogP contribution in [0.5, 0.6) is 0 Å². The maximum Gasteiger partial charge on any atom is 0.342 e. The Hall–Kier alpha value is -5.52. The molecule has 0 spiro atoms. The molecule has 0 unspecified atom stereocenters. The highest BCUT2D eigenvalue weighted by molar-refractivity contribution is 7.87. The highest BCUT2D eigenvalue weighted by atomic mass is 32.2. The molecule has 1 N–H and O–H groups in total. The minimum Gasteiger partial charge on any atom is -0.408 e. The fraction of sp³-hybridized carbons (Fsp3) is 0.0556. The van der Waals surface area contributed by atoms with Crippen molar-refractivity contribution >= 4 is 96.7 Å². The molecule has 0 radical (unpaired) electrons. The predicted molar refractivity (Wildman–Crippen MR) is 180 cm³/mol. The summed E-state index contributed by atoms with van der Waals surface area (Å²) < 4.78 is 63.7. The third kappa shape index (κ3) is 4.65. The number of carbonyl (C=O) groups is 1. The van der Waals surface area contributed by atoms with Crippen LogP contribution >= 0.6 is 0 Å². The van der Waals surface area contributed by atoms with E-state index in [1.165, 1.54) is 12.1 Å². The number of nitrogens with zero attached hydrogens (tertiary/aromatic N) is 1. The van der Waals surface area contributed by atoms with Crippen LogP contribution in [0.2, 0.25) is 0 Å². The molecule has 0 aromatic heterocycles. The summed E-state index contributed by atoms with van der Waals surface area (Å²) in [6.45, 7) is 0. The molecule has 0 heterocycles. The molecule has 0 aliphatic carbocycles. The van der Waals surface area contributed by atoms with E-state index in [0.29, 0.717) is 10.8 Å². The molecule has 8 rings (SSSR count). The van der Waals surface area contributed by atoms with Crippen molar-refractivity contribution in [3.8, 4) is 0 Å². The maximum atomic E-state index is 13.4. The van der Waals surface area contributed by atoms with Crippen molar-refractivity contribution < 1.29 is 35.2 Å². The lowest BCUT2D eigenvalue weighted by atomic mass is 9.94. The number of rotatable bonds is 7. The van der Waals surface area contributed by atoms with Gasteiger partial charge in [-0.05, 0) is 66.0 Å². The fourth-order valence-corrected chi connectivity index (χ4v) is 8.78. The number of hydrogen-bond donors (Lipinski definition) is 1. The molecular weight excluding hydrogens is 639 g/mol. The summed E-state index contributed by atoms with van der Waals surface area (Å²) in [5.74, 6) is -1.88. The Morgan fingerprint density at radius 1 is 0.511 bits per heavy atom. The van der Waals surface area contributed by atoms with Crippen LogP contribution in [0.4, 0.5) is 0 Å². The molecule has 8 aromatic rings. The van der Waals surface area contributed by atoms with Crippen LogP contribution in [-0.2, 0) is 33.4 Å². The Morgan fingerprint density at radius 3 is 1.34 bits per heavy atom. The van der Waals surface area contributed by atoms with Gasteiger partial charge in [0.2, 0.25) is 5.90 Å². The van der Waals surface area contributed by atoms with Crippen molar-refractivity contribution in [2.24, 2.45) is 5.16 Å². The predicted octanol–water partition coefficient (Wildman–Crippen LogP) is 7.69. The van der Waals surface area contributed by atoms with Crippen LogP contribution in [-0.4, -0.2) is 33.9 Å². The molecule has 0 saturated heterocycles. The molecule has 9 nitrogen and oxygen atoms in total. The summed E-state index contributed by atoms with van der Waals surface area (Å²) in [6.07, 6.45) is -1.19. The molecule has 232 valence electrons. The van der Waals surface area contributed by atoms with Gasteiger partial charge in [-0.15, -0.1) is 0 Å². The molecule has 0 atom stereocenters. The quantitative estimate of drug-likeness (QED) is 0.0459. The Kier molecular flexibility index (Phi) is 6.47. The smallest absolute Gasteiger partial charge is 0.342 e. The summed E-state index contributed by atoms with van der Waals surface area (Å²) in [7, 11) is -9.11. The van der Waals surface area contributed by atoms with E-state index in [1.807, 2.05) is 72.8 Å². The first-order valence-electron chi connectivity index (χ1n) is 14.6. The van der Waals surface area contributed by atoms with Gasteiger partial charge in [0, 0.05) is 17.2 Å². The Morgan fingerprint density at radius 2 is 0.894 bits per heavy atom. The highest BCUT2D eigenvalue weighted by Gasteiger charge is 2.27. The van der Waals surface area contributed by atoms with Crippen LogP contribution in [0, 0.1) is 0 Å². The third-order valence-electron chi connectivity index (χ3n) is 8.58. The Bertz CT molecular complexity index is 2780. The number of hydrogen-bond acceptors (Lipinski definition) is 9. The lowest BCUT2D eigenvalue weighted by Crippen LogP contribution is -2.18. The van der Waals surface area contributed by atoms with Gasteiger partial charge >= 0.3 is 26.2 Å². The average Bonchev–Trinajstić information content (AvgIpc) is 3.07. The number of benzene rings is 8. The van der Waals surface area contributed by atoms with Crippen molar-refractivity contribution in [2.75, 3.05) is 0 Å². The first-order valence-corrected chi connectivity index (χ1v) is 17.4. The summed E-state index contributed by atoms with van der Waals surface area (Å²) >= 11 is 0. The zero-order valence-electron chi connectivity index (χ0n) is 24.4. The van der Waals surface area contributed by atoms with Crippen LogP contribution in [0.15, 0.2) is 124 Å². The van der Waals surface area contributed by atoms with Gasteiger partial charge < -0.3 is 13.6 Å². The summed E-state index contributed by atoms with van der Waals surface area (Å²) in [5, 5.41) is 22.1. The second kappa shape index (κ2) is 10.5. The second-order valence-corrected chi connectivity index (χ2v) is 14.3. The van der Waals surface area contributed by atoms with Gasteiger partial charge in [0.15, 0.2) is 0 Å². The topological polar surface area (TPSA) is 136 Å². The van der Waals surface area contributed by atoms with Gasteiger partial charge in [0.05, 0.1) is 6.42 Å². The molecule has 11 heteroatoms. The van der Waals surface area contributed by atoms with E-state index in [1.54, 1.807) is 24.3 Å². The van der Waals surface area contributed by atoms with E-state index >= 15 is 0 Å². The lowest BCUT2D eigenvalue weighted by Gasteiger charge is -2.15. The van der Waals surface area contributed by atoms with Crippen LogP contribution in [0.1, 0.15) is 12.8 Å². The monoisotopic (exact) mass is 661 g/mol. The molecule has 0 aliphatic rings. The standard InChI is InChI=1S/C36H23NO8S2/c38-32(45-47(42,43)30-18-14-26-10-8-22-4-2-6-24-12-16-28(30)36(26)34(22)24)20-19-31(37-39)44-46(40,41)29-17-13-25-9-7-21-3-1-5-23-11-15-27(29)35(25)33(21)23/h1-18,39H,19-20H2/b37-31-. The highest BCUT2D eigenvalue weighted by Crippen LogP contribution is 2.39. The van der Waals surface area contributed by atoms with Crippen LogP contribution in [0.3, 0.4) is 0 Å². The lowest BCUT2D eigenvalue weighted by molar-refractivity contribution is -0.133. The maximum absolute atomic E-state index is 13.4.